The van der Waals surface area contributed by atoms with E-state index in [1.54, 1.807) is 18.2 Å². The number of carboxylic acid groups (broad SMARTS) is 2. The van der Waals surface area contributed by atoms with E-state index >= 15 is 0 Å². The molecule has 13 nitrogen and oxygen atoms in total. The molecule has 2 aliphatic heterocycles. The summed E-state index contributed by atoms with van der Waals surface area (Å²) in [5.41, 5.74) is -4.09. The first-order valence-corrected chi connectivity index (χ1v) is 13.7. The molecule has 2 fully saturated rings. The molecule has 2 aliphatic rings. The highest BCUT2D eigenvalue weighted by molar-refractivity contribution is 6.42. The average Bonchev–Trinajstić information content (AvgIpc) is 3.39. The number of carboxylic acids is 1. The highest BCUT2D eigenvalue weighted by atomic mass is 35.5. The summed E-state index contributed by atoms with van der Waals surface area (Å²) in [7, 11) is 1.32. The Bertz CT molecular complexity index is 1220. The molecule has 0 aromatic heterocycles. The van der Waals surface area contributed by atoms with Crippen molar-refractivity contribution in [2.45, 2.75) is 56.0 Å². The number of amides is 1. The Balaban J connectivity index is 2.22. The first-order chi connectivity index (χ1) is 19.2. The quantitative estimate of drug-likeness (QED) is 0.222. The van der Waals surface area contributed by atoms with Gasteiger partial charge >= 0.3 is 18.0 Å². The molecule has 1 aromatic rings. The fourth-order valence-corrected chi connectivity index (χ4v) is 6.24. The van der Waals surface area contributed by atoms with Crippen molar-refractivity contribution in [2.24, 2.45) is 0 Å². The summed E-state index contributed by atoms with van der Waals surface area (Å²) in [5.74, 6) is -4.46. The van der Waals surface area contributed by atoms with Crippen LogP contribution in [-0.4, -0.2) is 118 Å². The number of rotatable bonds is 11. The number of aliphatic carboxylic acids is 1. The molecule has 2 heterocycles. The lowest BCUT2D eigenvalue weighted by atomic mass is 9.72. The second-order valence-electron chi connectivity index (χ2n) is 10.2. The number of carbonyl (C=O) groups excluding carboxylic acids is 3. The molecular formula is C26H34Cl2N4O9. The summed E-state index contributed by atoms with van der Waals surface area (Å²) in [5, 5.41) is 37.3. The first kappa shape index (κ1) is 32.7. The van der Waals surface area contributed by atoms with Crippen LogP contribution in [0.5, 0.6) is 0 Å². The van der Waals surface area contributed by atoms with Gasteiger partial charge in [0, 0.05) is 26.2 Å². The molecule has 41 heavy (non-hydrogen) atoms. The molecule has 1 amide bonds. The van der Waals surface area contributed by atoms with Gasteiger partial charge in [-0.3, -0.25) is 29.0 Å². The summed E-state index contributed by atoms with van der Waals surface area (Å²) in [6.45, 7) is 1.71. The minimum atomic E-state index is -2.45. The lowest BCUT2D eigenvalue weighted by Crippen LogP contribution is -2.84. The molecular weight excluding hydrogens is 583 g/mol. The van der Waals surface area contributed by atoms with Crippen molar-refractivity contribution in [1.82, 2.24) is 20.4 Å². The van der Waals surface area contributed by atoms with Crippen molar-refractivity contribution < 1.29 is 44.0 Å². The van der Waals surface area contributed by atoms with E-state index < -0.39 is 66.0 Å². The molecule has 5 atom stereocenters. The van der Waals surface area contributed by atoms with Crippen molar-refractivity contribution >= 4 is 52.8 Å². The van der Waals surface area contributed by atoms with Crippen molar-refractivity contribution in [2.75, 3.05) is 39.8 Å². The molecule has 5 N–H and O–H groups in total. The van der Waals surface area contributed by atoms with Gasteiger partial charge in [-0.15, -0.1) is 0 Å². The van der Waals surface area contributed by atoms with Crippen molar-refractivity contribution in [3.8, 4) is 0 Å². The third kappa shape index (κ3) is 6.06. The molecule has 0 saturated carbocycles. The van der Waals surface area contributed by atoms with Crippen LogP contribution in [0.2, 0.25) is 10.0 Å². The Morgan fingerprint density at radius 3 is 2.39 bits per heavy atom. The topological polar surface area (TPSA) is 186 Å². The number of halogens is 2. The number of benzene rings is 1. The van der Waals surface area contributed by atoms with E-state index in [1.165, 1.54) is 11.9 Å². The Kier molecular flexibility index (Phi) is 10.4. The van der Waals surface area contributed by atoms with Gasteiger partial charge in [0.05, 0.1) is 23.0 Å². The van der Waals surface area contributed by atoms with Crippen LogP contribution >= 0.6 is 23.2 Å². The zero-order chi connectivity index (χ0) is 30.7. The standard InChI is InChI=1S/C26H34Cl2N4O9/c1-14(33)22(36)26(15(2)34,31-8-6-17(12-31)16-4-5-18(27)19(28)10-16)25(13-30-7-9-32(25)24(39)40)41-21(35)11-20(29-3)23(37)38/h4-5,10,17,20,22,29-30,36H,6-9,11-13H2,1-3H3,(H,37,38)(H,39,40)/t17?,20-,22?,25-,26?/m0/s1. The summed E-state index contributed by atoms with van der Waals surface area (Å²) >= 11 is 12.3. The zero-order valence-corrected chi connectivity index (χ0v) is 24.4. The molecule has 15 heteroatoms. The van der Waals surface area contributed by atoms with Gasteiger partial charge in [-0.2, -0.15) is 0 Å². The van der Waals surface area contributed by atoms with E-state index in [0.717, 1.165) is 24.3 Å². The molecule has 226 valence electrons. The fraction of sp³-hybridized carbons (Fsp3) is 0.577. The van der Waals surface area contributed by atoms with Gasteiger partial charge in [0.25, 0.3) is 0 Å². The Morgan fingerprint density at radius 1 is 1.17 bits per heavy atom. The third-order valence-electron chi connectivity index (χ3n) is 7.86. The summed E-state index contributed by atoms with van der Waals surface area (Å²) in [4.78, 5) is 66.5. The Morgan fingerprint density at radius 2 is 1.85 bits per heavy atom. The van der Waals surface area contributed by atoms with E-state index in [4.69, 9.17) is 27.9 Å². The number of nitrogens with one attached hydrogen (secondary N) is 2. The van der Waals surface area contributed by atoms with E-state index in [1.807, 2.05) is 0 Å². The number of aliphatic hydroxyl groups excluding tert-OH is 1. The predicted octanol–water partition coefficient (Wildman–Crippen LogP) is 0.946. The number of aliphatic hydroxyl groups is 1. The van der Waals surface area contributed by atoms with Crippen LogP contribution in [-0.2, 0) is 23.9 Å². The summed E-state index contributed by atoms with van der Waals surface area (Å²) < 4.78 is 5.85. The number of hydrogen-bond donors (Lipinski definition) is 5. The number of hydrogen-bond acceptors (Lipinski definition) is 10. The minimum absolute atomic E-state index is 0.0584. The van der Waals surface area contributed by atoms with Crippen LogP contribution in [0.4, 0.5) is 4.79 Å². The molecule has 2 saturated heterocycles. The number of ether oxygens (including phenoxy) is 1. The lowest BCUT2D eigenvalue weighted by molar-refractivity contribution is -0.239. The number of esters is 1. The number of Topliss-reactive ketones (excluding diaryl/α,β-unsaturated/α-hetero) is 2. The van der Waals surface area contributed by atoms with E-state index in [0.29, 0.717) is 16.5 Å². The van der Waals surface area contributed by atoms with Crippen molar-refractivity contribution in [3.05, 3.63) is 33.8 Å². The number of likely N-dealkylation sites (tertiary alicyclic amines) is 1. The molecule has 0 spiro atoms. The van der Waals surface area contributed by atoms with Gasteiger partial charge in [0.2, 0.25) is 5.72 Å². The highest BCUT2D eigenvalue weighted by Gasteiger charge is 2.71. The van der Waals surface area contributed by atoms with Crippen molar-refractivity contribution in [1.29, 1.82) is 0 Å². The predicted molar refractivity (Wildman–Crippen MR) is 147 cm³/mol. The van der Waals surface area contributed by atoms with Gasteiger partial charge in [-0.25, -0.2) is 4.79 Å². The molecule has 0 radical (unpaired) electrons. The van der Waals surface area contributed by atoms with Gasteiger partial charge in [0.1, 0.15) is 12.1 Å². The molecule has 3 unspecified atom stereocenters. The zero-order valence-electron chi connectivity index (χ0n) is 22.9. The van der Waals surface area contributed by atoms with Gasteiger partial charge < -0.3 is 30.7 Å². The third-order valence-corrected chi connectivity index (χ3v) is 8.60. The molecule has 3 rings (SSSR count). The Hall–Kier alpha value is -2.81. The minimum Gasteiger partial charge on any atom is -0.480 e. The number of carbonyl (C=O) groups is 5. The van der Waals surface area contributed by atoms with E-state index in [-0.39, 0.29) is 32.1 Å². The average molecular weight is 617 g/mol. The fourth-order valence-electron chi connectivity index (χ4n) is 5.93. The van der Waals surface area contributed by atoms with Gasteiger partial charge in [-0.1, -0.05) is 29.3 Å². The normalized spacial score (nSPS) is 24.2. The SMILES string of the molecule is CN[C@@H](CC(=O)O[C@]1(C(C(C)=O)(C(O)C(C)=O)N2CCC(c3ccc(Cl)c(Cl)c3)C2)CNCCN1C(=O)O)C(=O)O. The van der Waals surface area contributed by atoms with Crippen LogP contribution < -0.4 is 10.6 Å². The summed E-state index contributed by atoms with van der Waals surface area (Å²) in [6.07, 6.45) is -3.99. The number of piperazine rings is 1. The van der Waals surface area contributed by atoms with Crippen LogP contribution in [0.3, 0.4) is 0 Å². The first-order valence-electron chi connectivity index (χ1n) is 13.0. The van der Waals surface area contributed by atoms with Crippen LogP contribution in [0, 0.1) is 0 Å². The van der Waals surface area contributed by atoms with Gasteiger partial charge in [0.15, 0.2) is 17.1 Å². The molecule has 0 aliphatic carbocycles. The van der Waals surface area contributed by atoms with Gasteiger partial charge in [-0.05, 0) is 50.9 Å². The van der Waals surface area contributed by atoms with Crippen LogP contribution in [0.25, 0.3) is 0 Å². The molecule has 1 aromatic carbocycles. The second-order valence-corrected chi connectivity index (χ2v) is 11.0. The van der Waals surface area contributed by atoms with Crippen LogP contribution in [0.1, 0.15) is 38.2 Å². The summed E-state index contributed by atoms with van der Waals surface area (Å²) in [6, 6.07) is 3.65. The largest absolute Gasteiger partial charge is 0.480 e. The smallest absolute Gasteiger partial charge is 0.410 e. The number of ketones is 2. The maximum atomic E-state index is 13.8. The van der Waals surface area contributed by atoms with Crippen molar-refractivity contribution in [3.63, 3.8) is 0 Å². The highest BCUT2D eigenvalue weighted by Crippen LogP contribution is 2.45. The van der Waals surface area contributed by atoms with Crippen LogP contribution in [0.15, 0.2) is 18.2 Å². The lowest BCUT2D eigenvalue weighted by Gasteiger charge is -2.58. The number of likely N-dealkylation sites (N-methyl/N-ethyl adjacent to an activating group) is 1. The monoisotopic (exact) mass is 616 g/mol. The van der Waals surface area contributed by atoms with E-state index in [2.05, 4.69) is 10.6 Å². The number of nitrogens with zero attached hydrogens (tertiary/aromatic N) is 2. The second kappa shape index (κ2) is 13.0. The molecule has 0 bridgehead atoms. The van der Waals surface area contributed by atoms with E-state index in [9.17, 15) is 39.3 Å². The Labute approximate surface area is 246 Å². The maximum absolute atomic E-state index is 13.8. The maximum Gasteiger partial charge on any atom is 0.410 e.